The second-order valence-electron chi connectivity index (χ2n) is 5.84. The fourth-order valence-corrected chi connectivity index (χ4v) is 2.46. The second kappa shape index (κ2) is 8.99. The number of benzene rings is 1. The summed E-state index contributed by atoms with van der Waals surface area (Å²) in [7, 11) is 1.52. The number of rotatable bonds is 8. The maximum atomic E-state index is 12.2. The summed E-state index contributed by atoms with van der Waals surface area (Å²) < 4.78 is 10.4. The summed E-state index contributed by atoms with van der Waals surface area (Å²) in [4.78, 5) is 40.8. The normalized spacial score (nSPS) is 14.1. The Labute approximate surface area is 165 Å². The molecule has 0 aliphatic carbocycles. The Bertz CT molecular complexity index is 923. The van der Waals surface area contributed by atoms with Gasteiger partial charge in [0.05, 0.1) is 25.6 Å². The lowest BCUT2D eigenvalue weighted by Gasteiger charge is -2.13. The fourth-order valence-electron chi connectivity index (χ4n) is 2.46. The first-order valence-corrected chi connectivity index (χ1v) is 8.52. The highest BCUT2D eigenvalue weighted by Crippen LogP contribution is 2.23. The fraction of sp³-hybridized carbons (Fsp3) is 0.222. The zero-order chi connectivity index (χ0) is 20.8. The maximum absolute atomic E-state index is 12.2. The van der Waals surface area contributed by atoms with E-state index in [9.17, 15) is 14.4 Å². The van der Waals surface area contributed by atoms with E-state index in [1.165, 1.54) is 13.3 Å². The van der Waals surface area contributed by atoms with Gasteiger partial charge in [-0.15, -0.1) is 0 Å². The minimum atomic E-state index is -0.721. The van der Waals surface area contributed by atoms with Gasteiger partial charge in [0, 0.05) is 5.56 Å². The number of nitrogens with one attached hydrogen (secondary N) is 1. The molecule has 2 heterocycles. The highest BCUT2D eigenvalue weighted by Gasteiger charge is 2.36. The zero-order valence-corrected chi connectivity index (χ0v) is 15.5. The molecule has 1 aliphatic rings. The summed E-state index contributed by atoms with van der Waals surface area (Å²) in [5.41, 5.74) is 9.47. The number of carbonyl (C=O) groups excluding carboxylic acids is 3. The summed E-state index contributed by atoms with van der Waals surface area (Å²) in [6.07, 6.45) is 1.32. The number of ether oxygens (including phenoxy) is 1. The van der Waals surface area contributed by atoms with E-state index in [0.717, 1.165) is 21.2 Å². The topological polar surface area (TPSA) is 140 Å². The summed E-state index contributed by atoms with van der Waals surface area (Å²) in [5.74, 6) is -0.259. The predicted molar refractivity (Wildman–Crippen MR) is 101 cm³/mol. The number of hydrogen-bond acceptors (Lipinski definition) is 9. The van der Waals surface area contributed by atoms with Gasteiger partial charge in [0.1, 0.15) is 18.1 Å². The van der Waals surface area contributed by atoms with Gasteiger partial charge in [-0.25, -0.2) is 14.7 Å². The lowest BCUT2D eigenvalue weighted by Crippen LogP contribution is -2.35. The van der Waals surface area contributed by atoms with Crippen LogP contribution >= 0.6 is 0 Å². The van der Waals surface area contributed by atoms with Crippen molar-refractivity contribution in [3.63, 3.8) is 0 Å². The molecule has 3 rings (SSSR count). The van der Waals surface area contributed by atoms with E-state index in [4.69, 9.17) is 19.7 Å². The third-order valence-corrected chi connectivity index (χ3v) is 3.90. The Morgan fingerprint density at radius 2 is 2.03 bits per heavy atom. The molecule has 1 saturated heterocycles. The smallest absolute Gasteiger partial charge is 0.350 e. The molecule has 0 saturated carbocycles. The predicted octanol–water partition coefficient (Wildman–Crippen LogP) is 0.977. The standard InChI is InChI=1S/C18H19N5O6/c1-27-21-13-4-2-12(3-5-13)15-7-6-14(29-15)9-20-23-10-16(24)22(18(23)26)11-28-17(25)8-19/h2-7,9,21H,8,10-11,19H2,1H3/b20-9+. The number of nitrogens with zero attached hydrogens (tertiary/aromatic N) is 3. The number of esters is 1. The van der Waals surface area contributed by atoms with E-state index >= 15 is 0 Å². The Hall–Kier alpha value is -3.70. The molecular weight excluding hydrogens is 382 g/mol. The van der Waals surface area contributed by atoms with Crippen LogP contribution in [0.2, 0.25) is 0 Å². The molecule has 0 atom stereocenters. The monoisotopic (exact) mass is 401 g/mol. The highest BCUT2D eigenvalue weighted by atomic mass is 16.6. The van der Waals surface area contributed by atoms with Crippen molar-refractivity contribution >= 4 is 29.8 Å². The first kappa shape index (κ1) is 20.0. The van der Waals surface area contributed by atoms with Gasteiger partial charge in [-0.1, -0.05) is 0 Å². The Morgan fingerprint density at radius 1 is 1.28 bits per heavy atom. The van der Waals surface area contributed by atoms with Crippen LogP contribution in [-0.2, 0) is 19.2 Å². The number of furan rings is 1. The lowest BCUT2D eigenvalue weighted by atomic mass is 10.1. The van der Waals surface area contributed by atoms with Crippen molar-refractivity contribution in [3.05, 3.63) is 42.2 Å². The van der Waals surface area contributed by atoms with Crippen LogP contribution in [0.15, 0.2) is 45.9 Å². The lowest BCUT2D eigenvalue weighted by molar-refractivity contribution is -0.147. The van der Waals surface area contributed by atoms with Crippen LogP contribution in [0.4, 0.5) is 10.5 Å². The van der Waals surface area contributed by atoms with Crippen molar-refractivity contribution in [2.75, 3.05) is 32.4 Å². The van der Waals surface area contributed by atoms with Gasteiger partial charge >= 0.3 is 12.0 Å². The van der Waals surface area contributed by atoms with Gasteiger partial charge < -0.3 is 14.9 Å². The third kappa shape index (κ3) is 4.78. The van der Waals surface area contributed by atoms with Crippen LogP contribution in [0.3, 0.4) is 0 Å². The van der Waals surface area contributed by atoms with Crippen LogP contribution < -0.4 is 11.2 Å². The molecule has 0 unspecified atom stereocenters. The Balaban J connectivity index is 1.62. The van der Waals surface area contributed by atoms with Crippen LogP contribution in [0.5, 0.6) is 0 Å². The SMILES string of the molecule is CONc1ccc(-c2ccc(/C=N/N3CC(=O)N(COC(=O)CN)C3=O)o2)cc1. The number of imide groups is 1. The number of hydrogen-bond donors (Lipinski definition) is 2. The molecule has 1 fully saturated rings. The van der Waals surface area contributed by atoms with E-state index in [1.54, 1.807) is 12.1 Å². The zero-order valence-electron chi connectivity index (χ0n) is 15.5. The molecule has 1 aliphatic heterocycles. The van der Waals surface area contributed by atoms with Crippen molar-refractivity contribution in [1.82, 2.24) is 9.91 Å². The van der Waals surface area contributed by atoms with Crippen molar-refractivity contribution in [2.45, 2.75) is 0 Å². The van der Waals surface area contributed by atoms with Crippen molar-refractivity contribution in [3.8, 4) is 11.3 Å². The molecule has 3 amide bonds. The molecule has 2 aromatic rings. The second-order valence-corrected chi connectivity index (χ2v) is 5.84. The number of hydrazone groups is 1. The maximum Gasteiger partial charge on any atom is 0.350 e. The number of anilines is 1. The van der Waals surface area contributed by atoms with Crippen molar-refractivity contribution in [2.24, 2.45) is 10.8 Å². The molecule has 11 nitrogen and oxygen atoms in total. The van der Waals surface area contributed by atoms with Gasteiger partial charge in [0.25, 0.3) is 5.91 Å². The number of carbonyl (C=O) groups is 3. The van der Waals surface area contributed by atoms with Crippen LogP contribution in [-0.4, -0.2) is 61.0 Å². The van der Waals surface area contributed by atoms with Gasteiger partial charge in [0.15, 0.2) is 6.73 Å². The minimum Gasteiger partial charge on any atom is -0.455 e. The number of amides is 3. The van der Waals surface area contributed by atoms with E-state index in [-0.39, 0.29) is 13.1 Å². The first-order chi connectivity index (χ1) is 14.0. The van der Waals surface area contributed by atoms with Crippen molar-refractivity contribution < 1.29 is 28.4 Å². The average molecular weight is 401 g/mol. The van der Waals surface area contributed by atoms with Crippen LogP contribution in [0.25, 0.3) is 11.3 Å². The summed E-state index contributed by atoms with van der Waals surface area (Å²) in [6, 6.07) is 10.1. The Morgan fingerprint density at radius 3 is 2.72 bits per heavy atom. The average Bonchev–Trinajstić information content (AvgIpc) is 3.30. The largest absolute Gasteiger partial charge is 0.455 e. The molecular formula is C18H19N5O6. The molecule has 11 heteroatoms. The molecule has 1 aromatic carbocycles. The summed E-state index contributed by atoms with van der Waals surface area (Å²) >= 11 is 0. The van der Waals surface area contributed by atoms with Gasteiger partial charge in [-0.3, -0.25) is 19.9 Å². The van der Waals surface area contributed by atoms with E-state index in [0.29, 0.717) is 11.5 Å². The molecule has 0 spiro atoms. The van der Waals surface area contributed by atoms with Crippen LogP contribution in [0, 0.1) is 0 Å². The number of urea groups is 1. The van der Waals surface area contributed by atoms with E-state index < -0.39 is 24.6 Å². The van der Waals surface area contributed by atoms with Crippen LogP contribution in [0.1, 0.15) is 5.76 Å². The van der Waals surface area contributed by atoms with Crippen molar-refractivity contribution in [1.29, 1.82) is 0 Å². The van der Waals surface area contributed by atoms with Gasteiger partial charge in [0.2, 0.25) is 0 Å². The molecule has 29 heavy (non-hydrogen) atoms. The molecule has 3 N–H and O–H groups in total. The van der Waals surface area contributed by atoms with Gasteiger partial charge in [-0.05, 0) is 36.4 Å². The molecule has 0 bridgehead atoms. The highest BCUT2D eigenvalue weighted by molar-refractivity contribution is 6.02. The molecule has 1 aromatic heterocycles. The van der Waals surface area contributed by atoms with E-state index in [1.807, 2.05) is 24.3 Å². The quantitative estimate of drug-likeness (QED) is 0.289. The molecule has 152 valence electrons. The summed E-state index contributed by atoms with van der Waals surface area (Å²) in [5, 5.41) is 4.93. The number of nitrogens with two attached hydrogens (primary N) is 1. The summed E-state index contributed by atoms with van der Waals surface area (Å²) in [6.45, 7) is -1.11. The Kier molecular flexibility index (Phi) is 6.22. The van der Waals surface area contributed by atoms with Gasteiger partial charge in [-0.2, -0.15) is 5.10 Å². The van der Waals surface area contributed by atoms with E-state index in [2.05, 4.69) is 10.6 Å². The molecule has 0 radical (unpaired) electrons. The third-order valence-electron chi connectivity index (χ3n) is 3.90. The first-order valence-electron chi connectivity index (χ1n) is 8.52. The minimum absolute atomic E-state index is 0.267.